The summed E-state index contributed by atoms with van der Waals surface area (Å²) in [5, 5.41) is 12.7. The molecule has 6 aromatic rings. The average molecular weight is 742 g/mol. The fourth-order valence-corrected chi connectivity index (χ4v) is 7.24. The van der Waals surface area contributed by atoms with Gasteiger partial charge in [-0.15, -0.1) is 5.10 Å². The summed E-state index contributed by atoms with van der Waals surface area (Å²) in [6.45, 7) is 0.484. The second kappa shape index (κ2) is 15.0. The summed E-state index contributed by atoms with van der Waals surface area (Å²) in [6, 6.07) is 31.1. The van der Waals surface area contributed by atoms with E-state index in [2.05, 4.69) is 36.4 Å². The number of pyridine rings is 1. The van der Waals surface area contributed by atoms with Crippen molar-refractivity contribution < 1.29 is 22.6 Å². The third-order valence-corrected chi connectivity index (χ3v) is 10.3. The highest BCUT2D eigenvalue weighted by Crippen LogP contribution is 2.38. The van der Waals surface area contributed by atoms with E-state index in [1.165, 1.54) is 4.31 Å². The SMILES string of the molecule is COc1ccc(CN(Cc2ccc(OC)cc2)S(=O)(=O)c2cccc(-c3ccc(Br)nc3)c2-c2nnnn2Cc2ccc(OC)cc2)cc1. The maximum absolute atomic E-state index is 15.0. The van der Waals surface area contributed by atoms with Gasteiger partial charge in [-0.05, 0) is 97.1 Å². The molecule has 2 aromatic heterocycles. The quantitative estimate of drug-likeness (QED) is 0.120. The molecule has 11 nitrogen and oxygen atoms in total. The number of benzene rings is 4. The van der Waals surface area contributed by atoms with Crippen LogP contribution in [0, 0.1) is 0 Å². The molecule has 0 aliphatic carbocycles. The van der Waals surface area contributed by atoms with E-state index in [9.17, 15) is 0 Å². The van der Waals surface area contributed by atoms with E-state index in [1.54, 1.807) is 50.4 Å². The van der Waals surface area contributed by atoms with E-state index in [4.69, 9.17) is 14.2 Å². The van der Waals surface area contributed by atoms with Crippen LogP contribution in [0.1, 0.15) is 16.7 Å². The maximum Gasteiger partial charge on any atom is 0.244 e. The topological polar surface area (TPSA) is 122 Å². The largest absolute Gasteiger partial charge is 0.497 e. The third-order valence-electron chi connectivity index (χ3n) is 7.97. The molecule has 250 valence electrons. The van der Waals surface area contributed by atoms with Gasteiger partial charge >= 0.3 is 0 Å². The molecule has 0 saturated heterocycles. The summed E-state index contributed by atoms with van der Waals surface area (Å²) < 4.78 is 49.8. The van der Waals surface area contributed by atoms with E-state index >= 15 is 8.42 Å². The van der Waals surface area contributed by atoms with E-state index in [1.807, 2.05) is 84.9 Å². The number of hydrogen-bond donors (Lipinski definition) is 0. The second-order valence-electron chi connectivity index (χ2n) is 11.0. The first kappa shape index (κ1) is 33.8. The Labute approximate surface area is 293 Å². The molecule has 0 aliphatic rings. The molecular weight excluding hydrogens is 708 g/mol. The predicted molar refractivity (Wildman–Crippen MR) is 189 cm³/mol. The Morgan fingerprint density at radius 1 is 0.714 bits per heavy atom. The van der Waals surface area contributed by atoms with Gasteiger partial charge in [0.2, 0.25) is 10.0 Å². The van der Waals surface area contributed by atoms with Gasteiger partial charge in [-0.2, -0.15) is 4.31 Å². The highest BCUT2D eigenvalue weighted by molar-refractivity contribution is 9.10. The number of nitrogens with zero attached hydrogens (tertiary/aromatic N) is 6. The van der Waals surface area contributed by atoms with Crippen molar-refractivity contribution in [1.29, 1.82) is 0 Å². The van der Waals surface area contributed by atoms with Crippen LogP contribution in [0.25, 0.3) is 22.5 Å². The Morgan fingerprint density at radius 3 is 1.78 bits per heavy atom. The average Bonchev–Trinajstić information content (AvgIpc) is 3.60. The third kappa shape index (κ3) is 7.64. The van der Waals surface area contributed by atoms with Crippen LogP contribution < -0.4 is 14.2 Å². The Kier molecular flexibility index (Phi) is 10.3. The van der Waals surface area contributed by atoms with Crippen molar-refractivity contribution >= 4 is 26.0 Å². The molecule has 0 spiro atoms. The number of hydrogen-bond acceptors (Lipinski definition) is 9. The summed E-state index contributed by atoms with van der Waals surface area (Å²) in [5.41, 5.74) is 4.16. The lowest BCUT2D eigenvalue weighted by Crippen LogP contribution is -2.31. The first-order chi connectivity index (χ1) is 23.8. The Bertz CT molecular complexity index is 2070. The first-order valence-electron chi connectivity index (χ1n) is 15.2. The zero-order valence-corrected chi connectivity index (χ0v) is 29.4. The van der Waals surface area contributed by atoms with Crippen LogP contribution in [-0.4, -0.2) is 59.2 Å². The molecule has 0 saturated carbocycles. The van der Waals surface area contributed by atoms with Gasteiger partial charge in [-0.25, -0.2) is 18.1 Å². The number of rotatable bonds is 13. The van der Waals surface area contributed by atoms with Crippen LogP contribution in [0.2, 0.25) is 0 Å². The standard InChI is InChI=1S/C36H33BrN6O5S/c1-46-29-14-7-25(8-15-29)22-42(23-26-9-16-30(47-2)17-10-26)49(44,45)33-6-4-5-32(28-13-20-34(37)38-21-28)35(33)36-39-40-41-43(36)24-27-11-18-31(48-3)19-12-27/h4-21H,22-24H2,1-3H3. The number of methoxy groups -OCH3 is 3. The van der Waals surface area contributed by atoms with Crippen molar-refractivity contribution in [3.8, 4) is 39.8 Å². The molecule has 6 rings (SSSR count). The zero-order chi connectivity index (χ0) is 34.4. The van der Waals surface area contributed by atoms with Crippen LogP contribution in [-0.2, 0) is 29.7 Å². The number of halogens is 1. The van der Waals surface area contributed by atoms with Crippen LogP contribution in [0.15, 0.2) is 119 Å². The van der Waals surface area contributed by atoms with Crippen molar-refractivity contribution in [3.63, 3.8) is 0 Å². The number of tetrazole rings is 1. The Hall–Kier alpha value is -5.11. The summed E-state index contributed by atoms with van der Waals surface area (Å²) >= 11 is 3.41. The van der Waals surface area contributed by atoms with E-state index in [0.29, 0.717) is 45.2 Å². The molecule has 2 heterocycles. The molecule has 49 heavy (non-hydrogen) atoms. The van der Waals surface area contributed by atoms with E-state index in [-0.39, 0.29) is 18.0 Å². The lowest BCUT2D eigenvalue weighted by atomic mass is 10.0. The minimum Gasteiger partial charge on any atom is -0.497 e. The fraction of sp³-hybridized carbons (Fsp3) is 0.167. The van der Waals surface area contributed by atoms with Gasteiger partial charge in [-0.3, -0.25) is 0 Å². The summed E-state index contributed by atoms with van der Waals surface area (Å²) in [7, 11) is 0.582. The zero-order valence-electron chi connectivity index (χ0n) is 27.0. The van der Waals surface area contributed by atoms with Gasteiger partial charge in [0, 0.05) is 30.4 Å². The molecule has 4 aromatic carbocycles. The smallest absolute Gasteiger partial charge is 0.244 e. The monoisotopic (exact) mass is 740 g/mol. The molecule has 0 bridgehead atoms. The van der Waals surface area contributed by atoms with Crippen LogP contribution in [0.5, 0.6) is 17.2 Å². The lowest BCUT2D eigenvalue weighted by Gasteiger charge is -2.25. The van der Waals surface area contributed by atoms with E-state index in [0.717, 1.165) is 22.4 Å². The van der Waals surface area contributed by atoms with Gasteiger partial charge in [-0.1, -0.05) is 54.6 Å². The highest BCUT2D eigenvalue weighted by Gasteiger charge is 2.32. The van der Waals surface area contributed by atoms with Gasteiger partial charge in [0.25, 0.3) is 0 Å². The molecule has 0 atom stereocenters. The lowest BCUT2D eigenvalue weighted by molar-refractivity contribution is 0.397. The fourth-order valence-electron chi connectivity index (χ4n) is 5.38. The van der Waals surface area contributed by atoms with Crippen molar-refractivity contribution in [2.24, 2.45) is 0 Å². The van der Waals surface area contributed by atoms with Crippen molar-refractivity contribution in [2.75, 3.05) is 21.3 Å². The first-order valence-corrected chi connectivity index (χ1v) is 17.4. The van der Waals surface area contributed by atoms with Gasteiger partial charge in [0.15, 0.2) is 5.82 Å². The Morgan fingerprint density at radius 2 is 1.27 bits per heavy atom. The predicted octanol–water partition coefficient (Wildman–Crippen LogP) is 6.63. The second-order valence-corrected chi connectivity index (χ2v) is 13.7. The highest BCUT2D eigenvalue weighted by atomic mass is 79.9. The molecule has 0 radical (unpaired) electrons. The summed E-state index contributed by atoms with van der Waals surface area (Å²) in [6.07, 6.45) is 1.68. The van der Waals surface area contributed by atoms with Crippen LogP contribution in [0.4, 0.5) is 0 Å². The van der Waals surface area contributed by atoms with Gasteiger partial charge in [0.05, 0.1) is 32.8 Å². The van der Waals surface area contributed by atoms with Crippen molar-refractivity contribution in [3.05, 3.63) is 131 Å². The minimum absolute atomic E-state index is 0.0562. The summed E-state index contributed by atoms with van der Waals surface area (Å²) in [5.74, 6) is 2.36. The molecule has 13 heteroatoms. The van der Waals surface area contributed by atoms with Crippen LogP contribution >= 0.6 is 15.9 Å². The normalized spacial score (nSPS) is 11.4. The molecule has 0 unspecified atom stereocenters. The number of sulfonamides is 1. The molecular formula is C36H33BrN6O5S. The van der Waals surface area contributed by atoms with Crippen LogP contribution in [0.3, 0.4) is 0 Å². The van der Waals surface area contributed by atoms with E-state index < -0.39 is 10.0 Å². The number of ether oxygens (including phenoxy) is 3. The maximum atomic E-state index is 15.0. The molecule has 0 amide bonds. The minimum atomic E-state index is -4.21. The Balaban J connectivity index is 1.50. The molecule has 0 N–H and O–H groups in total. The van der Waals surface area contributed by atoms with Crippen molar-refractivity contribution in [2.45, 2.75) is 24.5 Å². The molecule has 0 aliphatic heterocycles. The molecule has 0 fully saturated rings. The van der Waals surface area contributed by atoms with Crippen molar-refractivity contribution in [1.82, 2.24) is 29.5 Å². The van der Waals surface area contributed by atoms with Gasteiger partial charge in [0.1, 0.15) is 21.9 Å². The van der Waals surface area contributed by atoms with Gasteiger partial charge < -0.3 is 14.2 Å². The summed E-state index contributed by atoms with van der Waals surface area (Å²) in [4.78, 5) is 4.47. The number of aromatic nitrogens is 5.